The molecule has 0 atom stereocenters. The highest BCUT2D eigenvalue weighted by Gasteiger charge is 2.11. The minimum atomic E-state index is 0.829. The standard InChI is InChI=1S/C20H12N4S2/c1-3-14(18-8-22-12-24-18)4-2-13(1)17-10-26-19-15(9-25-20(17)19)5-6-16-7-21-11-23-16/h1-4,7-12H,(H,21,23)(H,22,24). The number of nitrogens with one attached hydrogen (secondary N) is 2. The van der Waals surface area contributed by atoms with Crippen molar-refractivity contribution in [3.63, 3.8) is 0 Å². The molecular formula is C20H12N4S2. The molecule has 0 saturated heterocycles. The van der Waals surface area contributed by atoms with Gasteiger partial charge in [-0.1, -0.05) is 30.2 Å². The summed E-state index contributed by atoms with van der Waals surface area (Å²) >= 11 is 3.49. The second-order valence-electron chi connectivity index (χ2n) is 5.71. The molecular weight excluding hydrogens is 360 g/mol. The van der Waals surface area contributed by atoms with Gasteiger partial charge in [0.1, 0.15) is 5.69 Å². The van der Waals surface area contributed by atoms with Gasteiger partial charge in [-0.3, -0.25) is 0 Å². The molecule has 6 heteroatoms. The SMILES string of the molecule is C(#Cc1csc2c(-c3ccc(-c4cnc[nH]4)cc3)csc12)c1cnc[nH]1. The molecule has 1 aromatic carbocycles. The number of hydrogen-bond acceptors (Lipinski definition) is 4. The molecule has 0 radical (unpaired) electrons. The van der Waals surface area contributed by atoms with Crippen molar-refractivity contribution in [2.75, 3.05) is 0 Å². The Morgan fingerprint density at radius 1 is 0.769 bits per heavy atom. The fraction of sp³-hybridized carbons (Fsp3) is 0. The summed E-state index contributed by atoms with van der Waals surface area (Å²) in [5.74, 6) is 6.38. The highest BCUT2D eigenvalue weighted by molar-refractivity contribution is 7.27. The number of aromatic nitrogens is 4. The third kappa shape index (κ3) is 2.64. The smallest absolute Gasteiger partial charge is 0.109 e. The number of thiophene rings is 2. The predicted molar refractivity (Wildman–Crippen MR) is 107 cm³/mol. The normalized spacial score (nSPS) is 10.8. The maximum Gasteiger partial charge on any atom is 0.109 e. The lowest BCUT2D eigenvalue weighted by Gasteiger charge is -2.01. The Hall–Kier alpha value is -3.14. The van der Waals surface area contributed by atoms with Crippen LogP contribution in [0.3, 0.4) is 0 Å². The van der Waals surface area contributed by atoms with Crippen LogP contribution in [-0.2, 0) is 0 Å². The van der Waals surface area contributed by atoms with Gasteiger partial charge in [-0.2, -0.15) is 0 Å². The van der Waals surface area contributed by atoms with Gasteiger partial charge in [-0.15, -0.1) is 22.7 Å². The first kappa shape index (κ1) is 15.1. The zero-order chi connectivity index (χ0) is 17.3. The van der Waals surface area contributed by atoms with E-state index in [1.54, 1.807) is 41.5 Å². The van der Waals surface area contributed by atoms with E-state index in [1.165, 1.54) is 20.5 Å². The van der Waals surface area contributed by atoms with Crippen LogP contribution < -0.4 is 0 Å². The highest BCUT2D eigenvalue weighted by atomic mass is 32.1. The first-order valence-electron chi connectivity index (χ1n) is 7.97. The molecule has 0 aliphatic carbocycles. The van der Waals surface area contributed by atoms with E-state index in [0.717, 1.165) is 22.5 Å². The van der Waals surface area contributed by atoms with Gasteiger partial charge in [-0.25, -0.2) is 9.97 Å². The van der Waals surface area contributed by atoms with Crippen molar-refractivity contribution in [2.24, 2.45) is 0 Å². The van der Waals surface area contributed by atoms with Gasteiger partial charge in [-0.05, 0) is 17.0 Å². The summed E-state index contributed by atoms with van der Waals surface area (Å²) in [5.41, 5.74) is 6.55. The Morgan fingerprint density at radius 3 is 2.31 bits per heavy atom. The monoisotopic (exact) mass is 372 g/mol. The number of aromatic amines is 2. The van der Waals surface area contributed by atoms with Gasteiger partial charge in [0.05, 0.1) is 45.7 Å². The fourth-order valence-electron chi connectivity index (χ4n) is 2.81. The lowest BCUT2D eigenvalue weighted by atomic mass is 10.1. The lowest BCUT2D eigenvalue weighted by Crippen LogP contribution is -1.78. The molecule has 4 nitrogen and oxygen atoms in total. The van der Waals surface area contributed by atoms with Gasteiger partial charge in [0.2, 0.25) is 0 Å². The molecule has 0 aliphatic rings. The molecule has 0 bridgehead atoms. The maximum absolute atomic E-state index is 4.08. The fourth-order valence-corrected chi connectivity index (χ4v) is 5.12. The van der Waals surface area contributed by atoms with Crippen molar-refractivity contribution in [2.45, 2.75) is 0 Å². The maximum atomic E-state index is 4.08. The number of fused-ring (bicyclic) bond motifs is 1. The molecule has 0 aliphatic heterocycles. The molecule has 0 amide bonds. The average molecular weight is 372 g/mol. The van der Waals surface area contributed by atoms with Crippen LogP contribution in [0.4, 0.5) is 0 Å². The molecule has 2 N–H and O–H groups in total. The summed E-state index contributed by atoms with van der Waals surface area (Å²) in [5, 5.41) is 4.35. The van der Waals surface area contributed by atoms with Crippen LogP contribution in [0.25, 0.3) is 31.8 Å². The van der Waals surface area contributed by atoms with Crippen molar-refractivity contribution < 1.29 is 0 Å². The summed E-state index contributed by atoms with van der Waals surface area (Å²) < 4.78 is 2.54. The first-order chi connectivity index (χ1) is 12.9. The molecule has 4 aromatic heterocycles. The number of nitrogens with zero attached hydrogens (tertiary/aromatic N) is 2. The predicted octanol–water partition coefficient (Wildman–Crippen LogP) is 5.14. The summed E-state index contributed by atoms with van der Waals surface area (Å²) in [4.78, 5) is 14.2. The quantitative estimate of drug-likeness (QED) is 0.421. The minimum absolute atomic E-state index is 0.829. The number of imidazole rings is 2. The third-order valence-electron chi connectivity index (χ3n) is 4.12. The van der Waals surface area contributed by atoms with E-state index in [4.69, 9.17) is 0 Å². The van der Waals surface area contributed by atoms with Crippen molar-refractivity contribution in [1.82, 2.24) is 19.9 Å². The molecule has 4 heterocycles. The first-order valence-corrected chi connectivity index (χ1v) is 9.73. The van der Waals surface area contributed by atoms with E-state index in [-0.39, 0.29) is 0 Å². The van der Waals surface area contributed by atoms with Gasteiger partial charge in [0.25, 0.3) is 0 Å². The molecule has 5 rings (SSSR count). The zero-order valence-corrected chi connectivity index (χ0v) is 15.1. The lowest BCUT2D eigenvalue weighted by molar-refractivity contribution is 1.30. The van der Waals surface area contributed by atoms with E-state index in [0.29, 0.717) is 0 Å². The van der Waals surface area contributed by atoms with E-state index < -0.39 is 0 Å². The van der Waals surface area contributed by atoms with Gasteiger partial charge >= 0.3 is 0 Å². The largest absolute Gasteiger partial charge is 0.345 e. The van der Waals surface area contributed by atoms with Gasteiger partial charge in [0, 0.05) is 16.3 Å². The van der Waals surface area contributed by atoms with E-state index in [1.807, 2.05) is 6.20 Å². The number of hydrogen-bond donors (Lipinski definition) is 2. The number of rotatable bonds is 2. The van der Waals surface area contributed by atoms with Crippen LogP contribution in [0.1, 0.15) is 11.3 Å². The number of benzene rings is 1. The van der Waals surface area contributed by atoms with Gasteiger partial charge < -0.3 is 9.97 Å². The van der Waals surface area contributed by atoms with E-state index >= 15 is 0 Å². The average Bonchev–Trinajstić information content (AvgIpc) is 3.46. The summed E-state index contributed by atoms with van der Waals surface area (Å²) in [6, 6.07) is 8.57. The molecule has 0 fully saturated rings. The Bertz CT molecular complexity index is 1210. The summed E-state index contributed by atoms with van der Waals surface area (Å²) in [6.45, 7) is 0. The van der Waals surface area contributed by atoms with Crippen molar-refractivity contribution in [1.29, 1.82) is 0 Å². The zero-order valence-electron chi connectivity index (χ0n) is 13.5. The Kier molecular flexibility index (Phi) is 3.67. The van der Waals surface area contributed by atoms with Crippen LogP contribution in [0.5, 0.6) is 0 Å². The Balaban J connectivity index is 1.50. The highest BCUT2D eigenvalue weighted by Crippen LogP contribution is 2.40. The van der Waals surface area contributed by atoms with Crippen LogP contribution in [0, 0.1) is 11.8 Å². The van der Waals surface area contributed by atoms with Gasteiger partial charge in [0.15, 0.2) is 0 Å². The molecule has 124 valence electrons. The molecule has 0 spiro atoms. The van der Waals surface area contributed by atoms with Crippen molar-refractivity contribution >= 4 is 32.1 Å². The second kappa shape index (κ2) is 6.30. The van der Waals surface area contributed by atoms with E-state index in [9.17, 15) is 0 Å². The van der Waals surface area contributed by atoms with Crippen LogP contribution in [-0.4, -0.2) is 19.9 Å². The van der Waals surface area contributed by atoms with Crippen LogP contribution in [0.15, 0.2) is 60.1 Å². The summed E-state index contributed by atoms with van der Waals surface area (Å²) in [7, 11) is 0. The molecule has 26 heavy (non-hydrogen) atoms. The van der Waals surface area contributed by atoms with Crippen molar-refractivity contribution in [3.05, 3.63) is 71.3 Å². The second-order valence-corrected chi connectivity index (χ2v) is 7.47. The molecule has 0 saturated carbocycles. The molecule has 0 unspecified atom stereocenters. The topological polar surface area (TPSA) is 57.4 Å². The minimum Gasteiger partial charge on any atom is -0.345 e. The van der Waals surface area contributed by atoms with Crippen molar-refractivity contribution in [3.8, 4) is 34.2 Å². The number of H-pyrrole nitrogens is 2. The third-order valence-corrected chi connectivity index (χ3v) is 6.28. The Morgan fingerprint density at radius 2 is 1.54 bits per heavy atom. The van der Waals surface area contributed by atoms with Crippen LogP contribution in [0.2, 0.25) is 0 Å². The van der Waals surface area contributed by atoms with E-state index in [2.05, 4.69) is 66.8 Å². The summed E-state index contributed by atoms with van der Waals surface area (Å²) in [6.07, 6.45) is 6.91. The Labute approximate surface area is 157 Å². The molecule has 5 aromatic rings. The van der Waals surface area contributed by atoms with Crippen LogP contribution >= 0.6 is 22.7 Å².